The number of thiol groups is 1. The number of urea groups is 1. The zero-order valence-electron chi connectivity index (χ0n) is 34.0. The Balaban J connectivity index is 1.56. The molecular formula is C40H58N10O10S. The number of hydrogen-bond acceptors (Lipinski definition) is 10. The Hall–Kier alpha value is -6.38. The van der Waals surface area contributed by atoms with Gasteiger partial charge in [-0.3, -0.25) is 34.2 Å². The normalized spacial score (nSPS) is 11.5. The van der Waals surface area contributed by atoms with Crippen LogP contribution < -0.4 is 48.9 Å². The van der Waals surface area contributed by atoms with Gasteiger partial charge in [0.2, 0.25) is 17.7 Å². The van der Waals surface area contributed by atoms with E-state index in [1.165, 1.54) is 36.4 Å². The van der Waals surface area contributed by atoms with Crippen molar-refractivity contribution in [1.82, 2.24) is 37.4 Å². The van der Waals surface area contributed by atoms with Crippen LogP contribution in [0.2, 0.25) is 0 Å². The number of guanidine groups is 1. The monoisotopic (exact) mass is 870 g/mol. The van der Waals surface area contributed by atoms with Gasteiger partial charge < -0.3 is 48.3 Å². The fourth-order valence-electron chi connectivity index (χ4n) is 5.69. The number of carbonyl (C=O) groups is 8. The van der Waals surface area contributed by atoms with E-state index in [-0.39, 0.29) is 47.3 Å². The first-order valence-electron chi connectivity index (χ1n) is 20.0. The highest BCUT2D eigenvalue weighted by Gasteiger charge is 2.20. The Morgan fingerprint density at radius 3 is 1.70 bits per heavy atom. The van der Waals surface area contributed by atoms with Gasteiger partial charge in [-0.2, -0.15) is 12.6 Å². The standard InChI is InChI=1S/C40H58N10O10S/c41-39(42)46-29-12-10-11-28(23-29)37(57)49-50-40(60)48-30(24-35(54)55)26-16-18-27(19-17-26)36(56)45-22-9-2-5-14-33(52)43-20-7-1-4-13-32(51)44-21-8-3-6-15-34(53)47-31(25-61)38(58)59/h10-12,16-19,23,30-31,61H,1-9,13-15,20-22,24-25H2,(H,43,52)(H,44,51)(H,45,56)(H,47,53)(H,49,57)(H,54,55)(H,58,59)(H4,41,42,46)(H2,48,50,60)/t30?,31-/m0/s1. The summed E-state index contributed by atoms with van der Waals surface area (Å²) >= 11 is 3.91. The quantitative estimate of drug-likeness (QED) is 0.0192. The number of unbranched alkanes of at least 4 members (excludes halogenated alkanes) is 6. The highest BCUT2D eigenvalue weighted by atomic mass is 32.1. The summed E-state index contributed by atoms with van der Waals surface area (Å²) in [5.41, 5.74) is 16.3. The third kappa shape index (κ3) is 22.5. The highest BCUT2D eigenvalue weighted by molar-refractivity contribution is 7.80. The summed E-state index contributed by atoms with van der Waals surface area (Å²) in [6, 6.07) is 9.20. The molecule has 0 radical (unpaired) electrons. The molecule has 0 aliphatic heterocycles. The number of nitrogens with one attached hydrogen (secondary N) is 7. The Morgan fingerprint density at radius 1 is 0.623 bits per heavy atom. The molecule has 2 rings (SSSR count). The van der Waals surface area contributed by atoms with Gasteiger partial charge in [0.05, 0.1) is 18.2 Å². The smallest absolute Gasteiger partial charge is 0.333 e. The molecule has 0 fully saturated rings. The van der Waals surface area contributed by atoms with Crippen LogP contribution in [0.15, 0.2) is 53.5 Å². The molecule has 7 amide bonds. The van der Waals surface area contributed by atoms with Crippen molar-refractivity contribution in [3.05, 3.63) is 65.2 Å². The van der Waals surface area contributed by atoms with E-state index in [0.717, 1.165) is 25.7 Å². The molecule has 0 saturated carbocycles. The van der Waals surface area contributed by atoms with Crippen LogP contribution >= 0.6 is 12.6 Å². The Kier molecular flexibility index (Phi) is 24.1. The van der Waals surface area contributed by atoms with Gasteiger partial charge in [0.15, 0.2) is 5.96 Å². The number of amides is 7. The molecule has 1 unspecified atom stereocenters. The van der Waals surface area contributed by atoms with Crippen molar-refractivity contribution >= 4 is 71.8 Å². The van der Waals surface area contributed by atoms with Crippen LogP contribution in [0.4, 0.5) is 10.5 Å². The lowest BCUT2D eigenvalue weighted by molar-refractivity contribution is -0.141. The lowest BCUT2D eigenvalue weighted by Crippen LogP contribution is -2.48. The predicted octanol–water partition coefficient (Wildman–Crippen LogP) is 1.89. The number of carbonyl (C=O) groups excluding carboxylic acids is 6. The van der Waals surface area contributed by atoms with E-state index in [4.69, 9.17) is 16.6 Å². The first-order chi connectivity index (χ1) is 29.2. The van der Waals surface area contributed by atoms with Gasteiger partial charge in [-0.15, -0.1) is 0 Å². The number of aliphatic carboxylic acids is 2. The molecule has 0 saturated heterocycles. The zero-order chi connectivity index (χ0) is 45.0. The number of carboxylic acid groups (broad SMARTS) is 2. The molecule has 0 aliphatic rings. The lowest BCUT2D eigenvalue weighted by atomic mass is 10.0. The summed E-state index contributed by atoms with van der Waals surface area (Å²) in [7, 11) is 0. The van der Waals surface area contributed by atoms with Crippen molar-refractivity contribution in [3.8, 4) is 0 Å². The van der Waals surface area contributed by atoms with Crippen LogP contribution in [0.25, 0.3) is 0 Å². The summed E-state index contributed by atoms with van der Waals surface area (Å²) in [5.74, 6) is -3.95. The predicted molar refractivity (Wildman–Crippen MR) is 230 cm³/mol. The Labute approximate surface area is 359 Å². The molecule has 0 spiro atoms. The van der Waals surface area contributed by atoms with Gasteiger partial charge in [-0.25, -0.2) is 20.0 Å². The molecule has 0 aliphatic carbocycles. The third-order valence-corrected chi connectivity index (χ3v) is 9.27. The van der Waals surface area contributed by atoms with Crippen LogP contribution in [-0.4, -0.2) is 95.1 Å². The van der Waals surface area contributed by atoms with Crippen molar-refractivity contribution in [2.75, 3.05) is 25.4 Å². The van der Waals surface area contributed by atoms with Crippen LogP contribution in [0.1, 0.15) is 116 Å². The maximum Gasteiger partial charge on any atom is 0.333 e. The second-order valence-corrected chi connectivity index (χ2v) is 14.3. The van der Waals surface area contributed by atoms with Gasteiger partial charge in [0.1, 0.15) is 6.04 Å². The Bertz CT molecular complexity index is 1810. The van der Waals surface area contributed by atoms with Crippen molar-refractivity contribution in [2.45, 2.75) is 95.6 Å². The van der Waals surface area contributed by atoms with Gasteiger partial charge in [0.25, 0.3) is 11.8 Å². The fraction of sp³-hybridized carbons (Fsp3) is 0.475. The van der Waals surface area contributed by atoms with E-state index < -0.39 is 42.4 Å². The maximum absolute atomic E-state index is 12.7. The number of rotatable bonds is 28. The van der Waals surface area contributed by atoms with Crippen LogP contribution in [0, 0.1) is 0 Å². The second-order valence-electron chi connectivity index (χ2n) is 13.9. The van der Waals surface area contributed by atoms with Gasteiger partial charge >= 0.3 is 18.0 Å². The zero-order valence-corrected chi connectivity index (χ0v) is 34.9. The number of nitrogens with two attached hydrogens (primary N) is 2. The average Bonchev–Trinajstić information content (AvgIpc) is 3.22. The number of benzene rings is 2. The second kappa shape index (κ2) is 28.9. The molecule has 2 aromatic rings. The summed E-state index contributed by atoms with van der Waals surface area (Å²) in [5, 5.41) is 31.8. The average molecular weight is 871 g/mol. The highest BCUT2D eigenvalue weighted by Crippen LogP contribution is 2.18. The third-order valence-electron chi connectivity index (χ3n) is 8.90. The van der Waals surface area contributed by atoms with E-state index in [2.05, 4.69) is 55.1 Å². The van der Waals surface area contributed by atoms with E-state index in [1.807, 2.05) is 0 Å². The minimum Gasteiger partial charge on any atom is -0.481 e. The van der Waals surface area contributed by atoms with Crippen molar-refractivity contribution in [2.24, 2.45) is 16.5 Å². The summed E-state index contributed by atoms with van der Waals surface area (Å²) < 4.78 is 0. The minimum atomic E-state index is -1.19. The van der Waals surface area contributed by atoms with E-state index in [0.29, 0.717) is 81.4 Å². The van der Waals surface area contributed by atoms with Crippen molar-refractivity contribution in [3.63, 3.8) is 0 Å². The molecular weight excluding hydrogens is 813 g/mol. The molecule has 0 aromatic heterocycles. The van der Waals surface area contributed by atoms with Gasteiger partial charge in [-0.1, -0.05) is 37.5 Å². The molecule has 0 heterocycles. The SMILES string of the molecule is NC(N)=Nc1cccc(C(=O)NNC(=O)NC(CC(=O)O)c2ccc(C(=O)NCCCCCC(=O)NCCCCCC(=O)NCCCCCC(=O)N[C@@H](CS)C(=O)O)cc2)c1. The number of aliphatic imine (C=N–C) groups is 1. The fourth-order valence-corrected chi connectivity index (χ4v) is 5.94. The topological polar surface area (TPSA) is 326 Å². The van der Waals surface area contributed by atoms with E-state index >= 15 is 0 Å². The van der Waals surface area contributed by atoms with Gasteiger partial charge in [-0.05, 0) is 74.4 Å². The van der Waals surface area contributed by atoms with Crippen molar-refractivity contribution in [1.29, 1.82) is 0 Å². The molecule has 0 bridgehead atoms. The first-order valence-corrected chi connectivity index (χ1v) is 20.6. The molecule has 20 nitrogen and oxygen atoms in total. The summed E-state index contributed by atoms with van der Waals surface area (Å²) in [4.78, 5) is 100. The minimum absolute atomic E-state index is 0.0168. The molecule has 334 valence electrons. The number of hydrogen-bond donors (Lipinski definition) is 12. The van der Waals surface area contributed by atoms with E-state index in [9.17, 15) is 43.5 Å². The maximum atomic E-state index is 12.7. The number of carboxylic acids is 2. The summed E-state index contributed by atoms with van der Waals surface area (Å²) in [6.07, 6.45) is 6.74. The Morgan fingerprint density at radius 2 is 1.18 bits per heavy atom. The van der Waals surface area contributed by atoms with Crippen molar-refractivity contribution < 1.29 is 48.6 Å². The number of nitrogens with zero attached hydrogens (tertiary/aromatic N) is 1. The largest absolute Gasteiger partial charge is 0.481 e. The lowest BCUT2D eigenvalue weighted by Gasteiger charge is -2.18. The van der Waals surface area contributed by atoms with Crippen LogP contribution in [-0.2, 0) is 24.0 Å². The molecule has 21 heteroatoms. The van der Waals surface area contributed by atoms with Crippen LogP contribution in [0.5, 0.6) is 0 Å². The molecule has 61 heavy (non-hydrogen) atoms. The molecule has 2 atom stereocenters. The first kappa shape index (κ1) is 50.8. The molecule has 13 N–H and O–H groups in total. The van der Waals surface area contributed by atoms with Gasteiger partial charge in [0, 0.05) is 55.8 Å². The van der Waals surface area contributed by atoms with Crippen LogP contribution in [0.3, 0.4) is 0 Å². The van der Waals surface area contributed by atoms with E-state index in [1.54, 1.807) is 12.1 Å². The number of hydrazine groups is 1. The molecule has 2 aromatic carbocycles. The summed E-state index contributed by atoms with van der Waals surface area (Å²) in [6.45, 7) is 1.40.